The first-order valence-corrected chi connectivity index (χ1v) is 6.33. The molecule has 0 amide bonds. The van der Waals surface area contributed by atoms with Crippen LogP contribution in [0.1, 0.15) is 27.0 Å². The van der Waals surface area contributed by atoms with Crippen molar-refractivity contribution < 1.29 is 24.1 Å². The Balaban J connectivity index is 2.28. The molecule has 4 nitrogen and oxygen atoms in total. The summed E-state index contributed by atoms with van der Waals surface area (Å²) in [5.74, 6) is -2.03. The molecule has 0 atom stereocenters. The van der Waals surface area contributed by atoms with Crippen LogP contribution in [0.15, 0.2) is 30.3 Å². The SMILES string of the molecule is Cc1ccc(F)c(OCc2cc(C)cc(C(=O)O)c2O)c1. The number of carbonyl (C=O) groups is 1. The first-order valence-electron chi connectivity index (χ1n) is 6.33. The Labute approximate surface area is 121 Å². The van der Waals surface area contributed by atoms with Crippen LogP contribution in [-0.2, 0) is 6.61 Å². The molecule has 0 spiro atoms. The van der Waals surface area contributed by atoms with Crippen LogP contribution in [0.4, 0.5) is 4.39 Å². The minimum Gasteiger partial charge on any atom is -0.507 e. The van der Waals surface area contributed by atoms with E-state index in [0.29, 0.717) is 11.1 Å². The third-order valence-corrected chi connectivity index (χ3v) is 3.03. The second-order valence-electron chi connectivity index (χ2n) is 4.85. The van der Waals surface area contributed by atoms with Gasteiger partial charge >= 0.3 is 5.97 Å². The van der Waals surface area contributed by atoms with Crippen LogP contribution >= 0.6 is 0 Å². The molecule has 0 unspecified atom stereocenters. The van der Waals surface area contributed by atoms with E-state index in [1.54, 1.807) is 32.0 Å². The second-order valence-corrected chi connectivity index (χ2v) is 4.85. The molecule has 0 aromatic heterocycles. The molecule has 0 bridgehead atoms. The number of hydrogen-bond donors (Lipinski definition) is 2. The fourth-order valence-corrected chi connectivity index (χ4v) is 2.00. The van der Waals surface area contributed by atoms with Gasteiger partial charge in [0.05, 0.1) is 0 Å². The van der Waals surface area contributed by atoms with Gasteiger partial charge in [0.2, 0.25) is 0 Å². The monoisotopic (exact) mass is 290 g/mol. The number of rotatable bonds is 4. The Bertz CT molecular complexity index is 695. The molecule has 2 rings (SSSR count). The predicted octanol–water partition coefficient (Wildman–Crippen LogP) is 3.43. The van der Waals surface area contributed by atoms with Crippen LogP contribution in [0.25, 0.3) is 0 Å². The number of benzene rings is 2. The molecule has 21 heavy (non-hydrogen) atoms. The van der Waals surface area contributed by atoms with E-state index in [2.05, 4.69) is 0 Å². The lowest BCUT2D eigenvalue weighted by Crippen LogP contribution is -2.03. The maximum atomic E-state index is 13.6. The molecule has 0 fully saturated rings. The highest BCUT2D eigenvalue weighted by molar-refractivity contribution is 5.91. The van der Waals surface area contributed by atoms with Crippen molar-refractivity contribution in [2.75, 3.05) is 0 Å². The molecule has 0 aliphatic heterocycles. The van der Waals surface area contributed by atoms with Gasteiger partial charge in [0.15, 0.2) is 11.6 Å². The number of phenols is 1. The molecular weight excluding hydrogens is 275 g/mol. The zero-order chi connectivity index (χ0) is 15.6. The van der Waals surface area contributed by atoms with Gasteiger partial charge in [-0.15, -0.1) is 0 Å². The normalized spacial score (nSPS) is 10.4. The Morgan fingerprint density at radius 1 is 1.19 bits per heavy atom. The standard InChI is InChI=1S/C16H15FO4/c1-9-3-4-13(17)14(7-9)21-8-11-5-10(2)6-12(15(11)18)16(19)20/h3-7,18H,8H2,1-2H3,(H,19,20). The smallest absolute Gasteiger partial charge is 0.339 e. The zero-order valence-corrected chi connectivity index (χ0v) is 11.7. The number of ether oxygens (including phenoxy) is 1. The molecular formula is C16H15FO4. The van der Waals surface area contributed by atoms with Gasteiger partial charge in [0.25, 0.3) is 0 Å². The van der Waals surface area contributed by atoms with Crippen molar-refractivity contribution >= 4 is 5.97 Å². The van der Waals surface area contributed by atoms with Crippen LogP contribution < -0.4 is 4.74 Å². The van der Waals surface area contributed by atoms with Crippen LogP contribution in [0.5, 0.6) is 11.5 Å². The lowest BCUT2D eigenvalue weighted by Gasteiger charge is -2.11. The lowest BCUT2D eigenvalue weighted by atomic mass is 10.1. The molecule has 0 radical (unpaired) electrons. The molecule has 0 saturated heterocycles. The van der Waals surface area contributed by atoms with Crippen LogP contribution in [0.3, 0.4) is 0 Å². The Morgan fingerprint density at radius 3 is 2.57 bits per heavy atom. The Kier molecular flexibility index (Phi) is 4.12. The number of halogens is 1. The minimum atomic E-state index is -1.22. The van der Waals surface area contributed by atoms with Crippen LogP contribution in [0.2, 0.25) is 0 Å². The molecule has 0 saturated carbocycles. The van der Waals surface area contributed by atoms with Gasteiger partial charge in [-0.25, -0.2) is 9.18 Å². The molecule has 0 heterocycles. The van der Waals surface area contributed by atoms with Crippen LogP contribution in [-0.4, -0.2) is 16.2 Å². The Morgan fingerprint density at radius 2 is 1.90 bits per heavy atom. The van der Waals surface area contributed by atoms with Gasteiger partial charge in [-0.3, -0.25) is 0 Å². The average Bonchev–Trinajstić information content (AvgIpc) is 2.42. The summed E-state index contributed by atoms with van der Waals surface area (Å²) in [5, 5.41) is 19.0. The predicted molar refractivity (Wildman–Crippen MR) is 75.3 cm³/mol. The first kappa shape index (κ1) is 14.8. The fourth-order valence-electron chi connectivity index (χ4n) is 2.00. The van der Waals surface area contributed by atoms with Gasteiger partial charge in [0.1, 0.15) is 17.9 Å². The summed E-state index contributed by atoms with van der Waals surface area (Å²) in [4.78, 5) is 11.0. The topological polar surface area (TPSA) is 66.8 Å². The summed E-state index contributed by atoms with van der Waals surface area (Å²) in [6, 6.07) is 7.43. The summed E-state index contributed by atoms with van der Waals surface area (Å²) in [7, 11) is 0. The lowest BCUT2D eigenvalue weighted by molar-refractivity contribution is 0.0693. The average molecular weight is 290 g/mol. The number of carboxylic acids is 1. The van der Waals surface area contributed by atoms with Gasteiger partial charge in [-0.2, -0.15) is 0 Å². The highest BCUT2D eigenvalue weighted by Gasteiger charge is 2.15. The second kappa shape index (κ2) is 5.83. The number of aromatic hydroxyl groups is 1. The molecule has 0 aliphatic carbocycles. The fraction of sp³-hybridized carbons (Fsp3) is 0.188. The molecule has 5 heteroatoms. The van der Waals surface area contributed by atoms with Gasteiger partial charge < -0.3 is 14.9 Å². The third kappa shape index (κ3) is 3.31. The molecule has 2 aromatic rings. The van der Waals surface area contributed by atoms with E-state index >= 15 is 0 Å². The van der Waals surface area contributed by atoms with Crippen molar-refractivity contribution in [3.63, 3.8) is 0 Å². The van der Waals surface area contributed by atoms with Crippen molar-refractivity contribution in [2.24, 2.45) is 0 Å². The van der Waals surface area contributed by atoms with E-state index in [1.165, 1.54) is 12.1 Å². The van der Waals surface area contributed by atoms with E-state index in [0.717, 1.165) is 5.56 Å². The minimum absolute atomic E-state index is 0.0628. The number of aromatic carboxylic acids is 1. The Hall–Kier alpha value is -2.56. The maximum Gasteiger partial charge on any atom is 0.339 e. The zero-order valence-electron chi connectivity index (χ0n) is 11.7. The number of hydrogen-bond acceptors (Lipinski definition) is 3. The quantitative estimate of drug-likeness (QED) is 0.905. The van der Waals surface area contributed by atoms with E-state index in [9.17, 15) is 14.3 Å². The summed E-state index contributed by atoms with van der Waals surface area (Å²) in [5.41, 5.74) is 1.62. The summed E-state index contributed by atoms with van der Waals surface area (Å²) >= 11 is 0. The number of carboxylic acid groups (broad SMARTS) is 1. The first-order chi connectivity index (χ1) is 9.88. The molecule has 110 valence electrons. The van der Waals surface area contributed by atoms with E-state index in [-0.39, 0.29) is 23.7 Å². The van der Waals surface area contributed by atoms with Gasteiger partial charge in [-0.05, 0) is 49.2 Å². The number of aryl methyl sites for hydroxylation is 2. The maximum absolute atomic E-state index is 13.6. The summed E-state index contributed by atoms with van der Waals surface area (Å²) < 4.78 is 18.9. The third-order valence-electron chi connectivity index (χ3n) is 3.03. The largest absolute Gasteiger partial charge is 0.507 e. The van der Waals surface area contributed by atoms with E-state index in [1.807, 2.05) is 0 Å². The molecule has 2 N–H and O–H groups in total. The van der Waals surface area contributed by atoms with E-state index < -0.39 is 11.8 Å². The molecule has 2 aromatic carbocycles. The van der Waals surface area contributed by atoms with Crippen LogP contribution in [0, 0.1) is 19.7 Å². The summed E-state index contributed by atoms with van der Waals surface area (Å²) in [6.07, 6.45) is 0. The van der Waals surface area contributed by atoms with Crippen molar-refractivity contribution in [1.82, 2.24) is 0 Å². The van der Waals surface area contributed by atoms with Crippen molar-refractivity contribution in [1.29, 1.82) is 0 Å². The summed E-state index contributed by atoms with van der Waals surface area (Å²) in [6.45, 7) is 3.40. The van der Waals surface area contributed by atoms with E-state index in [4.69, 9.17) is 9.84 Å². The van der Waals surface area contributed by atoms with Gasteiger partial charge in [-0.1, -0.05) is 6.07 Å². The highest BCUT2D eigenvalue weighted by atomic mass is 19.1. The van der Waals surface area contributed by atoms with Crippen molar-refractivity contribution in [3.8, 4) is 11.5 Å². The van der Waals surface area contributed by atoms with Gasteiger partial charge in [0, 0.05) is 5.56 Å². The van der Waals surface area contributed by atoms with Crippen molar-refractivity contribution in [3.05, 3.63) is 58.4 Å². The molecule has 0 aliphatic rings. The highest BCUT2D eigenvalue weighted by Crippen LogP contribution is 2.27. The van der Waals surface area contributed by atoms with Crippen molar-refractivity contribution in [2.45, 2.75) is 20.5 Å².